The number of rotatable bonds is 4. The van der Waals surface area contributed by atoms with Gasteiger partial charge >= 0.3 is 6.03 Å². The Morgan fingerprint density at radius 1 is 1.38 bits per heavy atom. The first-order valence-electron chi connectivity index (χ1n) is 6.10. The largest absolute Gasteiger partial charge is 0.481 e. The number of benzene rings is 1. The van der Waals surface area contributed by atoms with E-state index < -0.39 is 6.03 Å². The number of amides is 2. The highest BCUT2D eigenvalue weighted by Crippen LogP contribution is 2.24. The van der Waals surface area contributed by atoms with Crippen molar-refractivity contribution in [3.63, 3.8) is 0 Å². The van der Waals surface area contributed by atoms with Crippen LogP contribution in [0.25, 0.3) is 0 Å². The van der Waals surface area contributed by atoms with Crippen LogP contribution in [0.2, 0.25) is 5.02 Å². The normalized spacial score (nSPS) is 10.0. The summed E-state index contributed by atoms with van der Waals surface area (Å²) in [6.45, 7) is -0.266. The molecule has 0 aliphatic rings. The summed E-state index contributed by atoms with van der Waals surface area (Å²) in [4.78, 5) is 15.9. The van der Waals surface area contributed by atoms with Gasteiger partial charge in [-0.25, -0.2) is 9.78 Å². The summed E-state index contributed by atoms with van der Waals surface area (Å²) in [6, 6.07) is 7.75. The molecular formula is C14H14ClN3O3. The Labute approximate surface area is 126 Å². The van der Waals surface area contributed by atoms with Gasteiger partial charge in [0.25, 0.3) is 0 Å². The van der Waals surface area contributed by atoms with Crippen molar-refractivity contribution in [1.29, 1.82) is 0 Å². The molecule has 0 aliphatic carbocycles. The first-order chi connectivity index (χ1) is 10.1. The Hall–Kier alpha value is -2.31. The fourth-order valence-electron chi connectivity index (χ4n) is 1.72. The SMILES string of the molecule is COc1cc(NC(=O)Nc2cccc(Cl)c2CO)ccn1. The van der Waals surface area contributed by atoms with E-state index in [4.69, 9.17) is 16.3 Å². The molecule has 7 heteroatoms. The molecule has 21 heavy (non-hydrogen) atoms. The maximum Gasteiger partial charge on any atom is 0.323 e. The van der Waals surface area contributed by atoms with Crippen LogP contribution in [0.4, 0.5) is 16.2 Å². The Bertz CT molecular complexity index is 649. The summed E-state index contributed by atoms with van der Waals surface area (Å²) < 4.78 is 4.97. The number of carbonyl (C=O) groups excluding carboxylic acids is 1. The lowest BCUT2D eigenvalue weighted by Crippen LogP contribution is -2.20. The maximum absolute atomic E-state index is 12.0. The molecule has 0 spiro atoms. The average Bonchev–Trinajstić information content (AvgIpc) is 2.47. The molecule has 110 valence electrons. The zero-order valence-electron chi connectivity index (χ0n) is 11.3. The van der Waals surface area contributed by atoms with Crippen molar-refractivity contribution in [3.05, 3.63) is 47.1 Å². The average molecular weight is 308 g/mol. The van der Waals surface area contributed by atoms with Gasteiger partial charge in [0, 0.05) is 34.2 Å². The fourth-order valence-corrected chi connectivity index (χ4v) is 1.95. The molecule has 1 heterocycles. The van der Waals surface area contributed by atoms with Crippen LogP contribution >= 0.6 is 11.6 Å². The number of nitrogens with zero attached hydrogens (tertiary/aromatic N) is 1. The zero-order valence-corrected chi connectivity index (χ0v) is 12.0. The van der Waals surface area contributed by atoms with Gasteiger partial charge < -0.3 is 20.5 Å². The number of methoxy groups -OCH3 is 1. The number of aliphatic hydroxyl groups is 1. The van der Waals surface area contributed by atoms with E-state index in [0.29, 0.717) is 27.8 Å². The third-order valence-corrected chi connectivity index (χ3v) is 3.08. The molecule has 0 saturated heterocycles. The van der Waals surface area contributed by atoms with Crippen LogP contribution in [0.5, 0.6) is 5.88 Å². The van der Waals surface area contributed by atoms with E-state index in [2.05, 4.69) is 15.6 Å². The third-order valence-electron chi connectivity index (χ3n) is 2.73. The number of aromatic nitrogens is 1. The fraction of sp³-hybridized carbons (Fsp3) is 0.143. The van der Waals surface area contributed by atoms with Crippen LogP contribution in [-0.2, 0) is 6.61 Å². The van der Waals surface area contributed by atoms with Crippen molar-refractivity contribution in [2.24, 2.45) is 0 Å². The lowest BCUT2D eigenvalue weighted by molar-refractivity contribution is 0.262. The first-order valence-corrected chi connectivity index (χ1v) is 6.48. The molecule has 0 saturated carbocycles. The number of aliphatic hydroxyl groups excluding tert-OH is 1. The second-order valence-electron chi connectivity index (χ2n) is 4.09. The van der Waals surface area contributed by atoms with Gasteiger partial charge in [-0.1, -0.05) is 17.7 Å². The molecule has 0 atom stereocenters. The van der Waals surface area contributed by atoms with Gasteiger partial charge in [-0.15, -0.1) is 0 Å². The van der Waals surface area contributed by atoms with Gasteiger partial charge in [-0.3, -0.25) is 0 Å². The summed E-state index contributed by atoms with van der Waals surface area (Å²) in [5.41, 5.74) is 1.44. The molecule has 6 nitrogen and oxygen atoms in total. The number of pyridine rings is 1. The number of carbonyl (C=O) groups is 1. The number of hydrogen-bond donors (Lipinski definition) is 3. The standard InChI is InChI=1S/C14H14ClN3O3/c1-21-13-7-9(5-6-16-13)17-14(20)18-12-4-2-3-11(15)10(12)8-19/h2-7,19H,8H2,1H3,(H2,16,17,18,20). The minimum atomic E-state index is -0.458. The number of nitrogens with one attached hydrogen (secondary N) is 2. The van der Waals surface area contributed by atoms with Gasteiger partial charge in [0.15, 0.2) is 0 Å². The molecule has 0 bridgehead atoms. The van der Waals surface area contributed by atoms with Crippen LogP contribution in [0.3, 0.4) is 0 Å². The number of urea groups is 1. The smallest absolute Gasteiger partial charge is 0.323 e. The molecule has 0 unspecified atom stereocenters. The Morgan fingerprint density at radius 2 is 2.19 bits per heavy atom. The van der Waals surface area contributed by atoms with Crippen molar-refractivity contribution < 1.29 is 14.6 Å². The van der Waals surface area contributed by atoms with Gasteiger partial charge in [-0.2, -0.15) is 0 Å². The molecule has 3 N–H and O–H groups in total. The van der Waals surface area contributed by atoms with E-state index in [1.807, 2.05) is 0 Å². The lowest BCUT2D eigenvalue weighted by Gasteiger charge is -2.12. The summed E-state index contributed by atoms with van der Waals surface area (Å²) in [5.74, 6) is 0.395. The summed E-state index contributed by atoms with van der Waals surface area (Å²) in [7, 11) is 1.49. The zero-order chi connectivity index (χ0) is 15.2. The predicted octanol–water partition coefficient (Wildman–Crippen LogP) is 2.88. The van der Waals surface area contributed by atoms with Crippen LogP contribution in [-0.4, -0.2) is 23.2 Å². The molecular weight excluding hydrogens is 294 g/mol. The third kappa shape index (κ3) is 3.84. The monoisotopic (exact) mass is 307 g/mol. The molecule has 2 aromatic rings. The number of halogens is 1. The molecule has 0 fully saturated rings. The van der Waals surface area contributed by atoms with E-state index in [1.54, 1.807) is 30.3 Å². The van der Waals surface area contributed by atoms with Crippen molar-refractivity contribution in [3.8, 4) is 5.88 Å². The summed E-state index contributed by atoms with van der Waals surface area (Å²) in [5, 5.41) is 15.0. The molecule has 0 radical (unpaired) electrons. The van der Waals surface area contributed by atoms with Crippen molar-refractivity contribution in [2.45, 2.75) is 6.61 Å². The molecule has 1 aromatic heterocycles. The van der Waals surface area contributed by atoms with E-state index in [1.165, 1.54) is 13.3 Å². The lowest BCUT2D eigenvalue weighted by atomic mass is 10.2. The van der Waals surface area contributed by atoms with E-state index in [0.717, 1.165) is 0 Å². The van der Waals surface area contributed by atoms with Gasteiger partial charge in [0.2, 0.25) is 5.88 Å². The van der Waals surface area contributed by atoms with Crippen molar-refractivity contribution in [2.75, 3.05) is 17.7 Å². The van der Waals surface area contributed by atoms with E-state index in [9.17, 15) is 9.90 Å². The topological polar surface area (TPSA) is 83.5 Å². The Morgan fingerprint density at radius 3 is 2.90 bits per heavy atom. The number of ether oxygens (including phenoxy) is 1. The van der Waals surface area contributed by atoms with E-state index >= 15 is 0 Å². The van der Waals surface area contributed by atoms with Crippen molar-refractivity contribution in [1.82, 2.24) is 4.98 Å². The highest BCUT2D eigenvalue weighted by Gasteiger charge is 2.09. The molecule has 2 rings (SSSR count). The quantitative estimate of drug-likeness (QED) is 0.811. The van der Waals surface area contributed by atoms with Crippen molar-refractivity contribution >= 4 is 29.0 Å². The predicted molar refractivity (Wildman–Crippen MR) is 80.8 cm³/mol. The van der Waals surface area contributed by atoms with Crippen LogP contribution in [0.15, 0.2) is 36.5 Å². The highest BCUT2D eigenvalue weighted by atomic mass is 35.5. The molecule has 0 aliphatic heterocycles. The number of anilines is 2. The summed E-state index contributed by atoms with van der Waals surface area (Å²) >= 11 is 5.96. The second kappa shape index (κ2) is 6.92. The van der Waals surface area contributed by atoms with Crippen LogP contribution in [0, 0.1) is 0 Å². The van der Waals surface area contributed by atoms with E-state index in [-0.39, 0.29) is 6.61 Å². The van der Waals surface area contributed by atoms with Gasteiger partial charge in [0.05, 0.1) is 13.7 Å². The second-order valence-corrected chi connectivity index (χ2v) is 4.50. The maximum atomic E-state index is 12.0. The summed E-state index contributed by atoms with van der Waals surface area (Å²) in [6.07, 6.45) is 1.52. The highest BCUT2D eigenvalue weighted by molar-refractivity contribution is 6.31. The van der Waals surface area contributed by atoms with Crippen LogP contribution < -0.4 is 15.4 Å². The van der Waals surface area contributed by atoms with Gasteiger partial charge in [0.1, 0.15) is 0 Å². The first kappa shape index (κ1) is 15.1. The molecule has 2 amide bonds. The minimum Gasteiger partial charge on any atom is -0.481 e. The Kier molecular flexibility index (Phi) is 4.97. The van der Waals surface area contributed by atoms with Gasteiger partial charge in [-0.05, 0) is 18.2 Å². The minimum absolute atomic E-state index is 0.266. The van der Waals surface area contributed by atoms with Crippen LogP contribution in [0.1, 0.15) is 5.56 Å². The number of hydrogen-bond acceptors (Lipinski definition) is 4. The molecule has 1 aromatic carbocycles. The Balaban J connectivity index is 2.10.